The number of hydrogen-bond acceptors (Lipinski definition) is 6. The van der Waals surface area contributed by atoms with E-state index in [1.807, 2.05) is 29.9 Å². The summed E-state index contributed by atoms with van der Waals surface area (Å²) in [5, 5.41) is 0. The molecule has 1 fully saturated rings. The molecule has 1 aliphatic heterocycles. The van der Waals surface area contributed by atoms with Crippen LogP contribution in [-0.2, 0) is 21.8 Å². The number of rotatable bonds is 8. The normalized spacial score (nSPS) is 16.7. The molecule has 2 aromatic rings. The quantitative estimate of drug-likeness (QED) is 0.710. The van der Waals surface area contributed by atoms with E-state index in [0.29, 0.717) is 19.0 Å². The van der Waals surface area contributed by atoms with Gasteiger partial charge in [0.1, 0.15) is 16.4 Å². The van der Waals surface area contributed by atoms with Gasteiger partial charge in [0.2, 0.25) is 10.0 Å². The first kappa shape index (κ1) is 20.7. The number of benzene rings is 1. The average Bonchev–Trinajstić information content (AvgIpc) is 3.14. The molecule has 1 saturated heterocycles. The topological polar surface area (TPSA) is 82.0 Å². The van der Waals surface area contributed by atoms with E-state index in [1.165, 1.54) is 20.3 Å². The second-order valence-electron chi connectivity index (χ2n) is 6.58. The first-order valence-electron chi connectivity index (χ1n) is 9.11. The summed E-state index contributed by atoms with van der Waals surface area (Å²) in [6, 6.07) is 8.59. The van der Waals surface area contributed by atoms with Gasteiger partial charge >= 0.3 is 0 Å². The standard InChI is InChI=1S/C19H27N3O5S/c1-21-8-4-5-16(21)17(22-9-11-27-12-10-22)14-20-28(23,24)19-13-15(25-2)6-7-18(19)26-3/h4-8,13,17,20H,9-12,14H2,1-3H3/t17-/m0/s1. The van der Waals surface area contributed by atoms with Crippen molar-refractivity contribution in [2.45, 2.75) is 10.9 Å². The fourth-order valence-corrected chi connectivity index (χ4v) is 4.61. The first-order valence-corrected chi connectivity index (χ1v) is 10.6. The SMILES string of the molecule is COc1ccc(OC)c(S(=O)(=O)NC[C@@H](c2cccn2C)N2CCOCC2)c1. The second kappa shape index (κ2) is 8.95. The first-order chi connectivity index (χ1) is 13.5. The number of aromatic nitrogens is 1. The van der Waals surface area contributed by atoms with Crippen molar-refractivity contribution < 1.29 is 22.6 Å². The molecule has 0 radical (unpaired) electrons. The Bertz CT molecular complexity index is 891. The van der Waals surface area contributed by atoms with E-state index >= 15 is 0 Å². The third-order valence-corrected chi connectivity index (χ3v) is 6.38. The molecule has 1 aromatic heterocycles. The number of morpholine rings is 1. The molecule has 8 nitrogen and oxygen atoms in total. The smallest absolute Gasteiger partial charge is 0.244 e. The highest BCUT2D eigenvalue weighted by molar-refractivity contribution is 7.89. The Balaban J connectivity index is 1.85. The number of methoxy groups -OCH3 is 2. The molecule has 0 amide bonds. The molecule has 0 aliphatic carbocycles. The number of sulfonamides is 1. The lowest BCUT2D eigenvalue weighted by Crippen LogP contribution is -2.44. The molecule has 1 N–H and O–H groups in total. The van der Waals surface area contributed by atoms with Crippen molar-refractivity contribution in [2.75, 3.05) is 47.1 Å². The van der Waals surface area contributed by atoms with Gasteiger partial charge in [-0.1, -0.05) is 0 Å². The molecule has 9 heteroatoms. The number of nitrogens with zero attached hydrogens (tertiary/aromatic N) is 2. The summed E-state index contributed by atoms with van der Waals surface area (Å²) in [6.07, 6.45) is 1.96. The van der Waals surface area contributed by atoms with Crippen LogP contribution in [0.1, 0.15) is 11.7 Å². The maximum Gasteiger partial charge on any atom is 0.244 e. The Labute approximate surface area is 166 Å². The molecule has 1 aliphatic rings. The molecular formula is C19H27N3O5S. The maximum absolute atomic E-state index is 13.0. The molecule has 1 atom stereocenters. The van der Waals surface area contributed by atoms with Crippen molar-refractivity contribution in [1.29, 1.82) is 0 Å². The third kappa shape index (κ3) is 4.49. The lowest BCUT2D eigenvalue weighted by molar-refractivity contribution is 0.0158. The van der Waals surface area contributed by atoms with E-state index in [0.717, 1.165) is 18.8 Å². The van der Waals surface area contributed by atoms with Gasteiger partial charge in [0.15, 0.2) is 0 Å². The molecule has 28 heavy (non-hydrogen) atoms. The maximum atomic E-state index is 13.0. The monoisotopic (exact) mass is 409 g/mol. The van der Waals surface area contributed by atoms with Gasteiger partial charge in [0.25, 0.3) is 0 Å². The minimum Gasteiger partial charge on any atom is -0.497 e. The number of ether oxygens (including phenoxy) is 3. The van der Waals surface area contributed by atoms with Crippen LogP contribution in [0.15, 0.2) is 41.4 Å². The van der Waals surface area contributed by atoms with Crippen molar-refractivity contribution in [2.24, 2.45) is 7.05 Å². The third-order valence-electron chi connectivity index (χ3n) is 4.94. The number of nitrogens with one attached hydrogen (secondary N) is 1. The molecule has 0 bridgehead atoms. The summed E-state index contributed by atoms with van der Waals surface area (Å²) in [5.41, 5.74) is 1.04. The Hall–Kier alpha value is -2.07. The second-order valence-corrected chi connectivity index (χ2v) is 8.31. The van der Waals surface area contributed by atoms with Crippen molar-refractivity contribution >= 4 is 10.0 Å². The van der Waals surface area contributed by atoms with Crippen LogP contribution in [0.4, 0.5) is 0 Å². The fourth-order valence-electron chi connectivity index (χ4n) is 3.39. The van der Waals surface area contributed by atoms with Gasteiger partial charge in [-0.3, -0.25) is 4.90 Å². The summed E-state index contributed by atoms with van der Waals surface area (Å²) in [4.78, 5) is 2.30. The van der Waals surface area contributed by atoms with Gasteiger partial charge in [0.05, 0.1) is 33.5 Å². The summed E-state index contributed by atoms with van der Waals surface area (Å²) in [5.74, 6) is 0.725. The lowest BCUT2D eigenvalue weighted by Gasteiger charge is -2.35. The van der Waals surface area contributed by atoms with Gasteiger partial charge < -0.3 is 18.8 Å². The van der Waals surface area contributed by atoms with Crippen LogP contribution in [-0.4, -0.2) is 65.0 Å². The van der Waals surface area contributed by atoms with Gasteiger partial charge in [-0.2, -0.15) is 0 Å². The van der Waals surface area contributed by atoms with Crippen LogP contribution in [0.2, 0.25) is 0 Å². The largest absolute Gasteiger partial charge is 0.497 e. The summed E-state index contributed by atoms with van der Waals surface area (Å²) in [7, 11) is 1.11. The van der Waals surface area contributed by atoms with E-state index in [1.54, 1.807) is 12.1 Å². The minimum atomic E-state index is -3.80. The predicted octanol–water partition coefficient (Wildman–Crippen LogP) is 1.39. The Morgan fingerprint density at radius 3 is 2.54 bits per heavy atom. The molecule has 1 aromatic carbocycles. The average molecular weight is 410 g/mol. The highest BCUT2D eigenvalue weighted by Gasteiger charge is 2.28. The van der Waals surface area contributed by atoms with E-state index < -0.39 is 10.0 Å². The van der Waals surface area contributed by atoms with Gasteiger partial charge in [-0.15, -0.1) is 0 Å². The van der Waals surface area contributed by atoms with Gasteiger partial charge in [-0.05, 0) is 24.3 Å². The number of aryl methyl sites for hydroxylation is 1. The molecule has 0 saturated carbocycles. The summed E-state index contributed by atoms with van der Waals surface area (Å²) in [6.45, 7) is 3.01. The Morgan fingerprint density at radius 2 is 1.93 bits per heavy atom. The highest BCUT2D eigenvalue weighted by Crippen LogP contribution is 2.29. The van der Waals surface area contributed by atoms with Crippen molar-refractivity contribution in [1.82, 2.24) is 14.2 Å². The lowest BCUT2D eigenvalue weighted by atomic mass is 10.1. The van der Waals surface area contributed by atoms with Crippen molar-refractivity contribution in [3.63, 3.8) is 0 Å². The zero-order chi connectivity index (χ0) is 20.1. The zero-order valence-corrected chi connectivity index (χ0v) is 17.2. The van der Waals surface area contributed by atoms with Gasteiger partial charge in [-0.25, -0.2) is 13.1 Å². The molecule has 0 spiro atoms. The predicted molar refractivity (Wildman–Crippen MR) is 105 cm³/mol. The number of hydrogen-bond donors (Lipinski definition) is 1. The zero-order valence-electron chi connectivity index (χ0n) is 16.4. The van der Waals surface area contributed by atoms with E-state index in [-0.39, 0.29) is 23.2 Å². The van der Waals surface area contributed by atoms with Crippen LogP contribution in [0.25, 0.3) is 0 Å². The summed E-state index contributed by atoms with van der Waals surface area (Å²) < 4.78 is 46.7. The Morgan fingerprint density at radius 1 is 1.18 bits per heavy atom. The van der Waals surface area contributed by atoms with Crippen LogP contribution in [0.3, 0.4) is 0 Å². The van der Waals surface area contributed by atoms with Gasteiger partial charge in [0, 0.05) is 44.6 Å². The summed E-state index contributed by atoms with van der Waals surface area (Å²) >= 11 is 0. The molecule has 3 rings (SSSR count). The van der Waals surface area contributed by atoms with E-state index in [2.05, 4.69) is 9.62 Å². The van der Waals surface area contributed by atoms with Crippen LogP contribution in [0, 0.1) is 0 Å². The molecule has 0 unspecified atom stereocenters. The van der Waals surface area contributed by atoms with Crippen LogP contribution >= 0.6 is 0 Å². The fraction of sp³-hybridized carbons (Fsp3) is 0.474. The van der Waals surface area contributed by atoms with Crippen LogP contribution in [0.5, 0.6) is 11.5 Å². The van der Waals surface area contributed by atoms with Crippen molar-refractivity contribution in [3.8, 4) is 11.5 Å². The van der Waals surface area contributed by atoms with Crippen molar-refractivity contribution in [3.05, 3.63) is 42.2 Å². The molecule has 2 heterocycles. The minimum absolute atomic E-state index is 0.0574. The van der Waals surface area contributed by atoms with E-state index in [4.69, 9.17) is 14.2 Å². The van der Waals surface area contributed by atoms with Crippen LogP contribution < -0.4 is 14.2 Å². The van der Waals surface area contributed by atoms with E-state index in [9.17, 15) is 8.42 Å². The molecular weight excluding hydrogens is 382 g/mol. The molecule has 154 valence electrons. The Kier molecular flexibility index (Phi) is 6.61. The highest BCUT2D eigenvalue weighted by atomic mass is 32.2.